The first kappa shape index (κ1) is 24.0. The third-order valence-corrected chi connectivity index (χ3v) is 7.21. The number of carbonyl (C=O) groups excluding carboxylic acids is 1. The Morgan fingerprint density at radius 2 is 1.62 bits per heavy atom. The Labute approximate surface area is 195 Å². The molecular formula is C24H23F3N2O4S. The predicted octanol–water partition coefficient (Wildman–Crippen LogP) is 4.38. The number of allylic oxidation sites excluding steroid dienone is 1. The summed E-state index contributed by atoms with van der Waals surface area (Å²) in [5, 5.41) is 2.70. The minimum Gasteiger partial charge on any atom is -0.378 e. The molecule has 2 aromatic carbocycles. The van der Waals surface area contributed by atoms with Crippen LogP contribution in [-0.4, -0.2) is 51.0 Å². The molecule has 0 bridgehead atoms. The summed E-state index contributed by atoms with van der Waals surface area (Å²) in [5.74, 6) is -0.371. The Kier molecular flexibility index (Phi) is 6.81. The number of hydrogen-bond donors (Lipinski definition) is 1. The lowest BCUT2D eigenvalue weighted by atomic mass is 10.1. The van der Waals surface area contributed by atoms with E-state index in [0.717, 1.165) is 41.1 Å². The second kappa shape index (κ2) is 9.63. The fraction of sp³-hybridized carbons (Fsp3) is 0.292. The van der Waals surface area contributed by atoms with Crippen LogP contribution >= 0.6 is 0 Å². The molecule has 1 saturated heterocycles. The van der Waals surface area contributed by atoms with Crippen molar-refractivity contribution in [2.75, 3.05) is 31.6 Å². The molecular weight excluding hydrogens is 469 g/mol. The number of nitrogens with one attached hydrogen (secondary N) is 1. The molecule has 0 spiro atoms. The normalized spacial score (nSPS) is 18.4. The van der Waals surface area contributed by atoms with Gasteiger partial charge in [-0.15, -0.1) is 0 Å². The van der Waals surface area contributed by atoms with Crippen LogP contribution in [0.4, 0.5) is 18.9 Å². The molecule has 6 nitrogen and oxygen atoms in total. The van der Waals surface area contributed by atoms with Crippen molar-refractivity contribution in [3.63, 3.8) is 0 Å². The molecule has 0 saturated carbocycles. The lowest BCUT2D eigenvalue weighted by Gasteiger charge is -2.31. The maximum Gasteiger partial charge on any atom is 0.501 e. The molecule has 1 heterocycles. The predicted molar refractivity (Wildman–Crippen MR) is 121 cm³/mol. The number of anilines is 1. The van der Waals surface area contributed by atoms with Gasteiger partial charge in [-0.25, -0.2) is 8.42 Å². The van der Waals surface area contributed by atoms with Crippen molar-refractivity contribution in [1.82, 2.24) is 4.90 Å². The molecule has 2 aliphatic rings. The maximum atomic E-state index is 13.2. The topological polar surface area (TPSA) is 75.7 Å². The molecule has 34 heavy (non-hydrogen) atoms. The third-order valence-electron chi connectivity index (χ3n) is 5.70. The van der Waals surface area contributed by atoms with Crippen molar-refractivity contribution < 1.29 is 31.1 Å². The molecule has 0 atom stereocenters. The summed E-state index contributed by atoms with van der Waals surface area (Å²) in [6.07, 6.45) is 3.24. The van der Waals surface area contributed by atoms with E-state index in [-0.39, 0.29) is 11.6 Å². The zero-order valence-electron chi connectivity index (χ0n) is 18.1. The number of sulfone groups is 1. The van der Waals surface area contributed by atoms with Crippen LogP contribution < -0.4 is 5.32 Å². The highest BCUT2D eigenvalue weighted by atomic mass is 32.2. The molecule has 0 radical (unpaired) electrons. The Morgan fingerprint density at radius 3 is 2.24 bits per heavy atom. The number of nitrogens with zero attached hydrogens (tertiary/aromatic N) is 1. The minimum atomic E-state index is -5.45. The zero-order valence-corrected chi connectivity index (χ0v) is 19.0. The van der Waals surface area contributed by atoms with Gasteiger partial charge in [0.05, 0.1) is 18.1 Å². The lowest BCUT2D eigenvalue weighted by Crippen LogP contribution is -2.36. The van der Waals surface area contributed by atoms with Gasteiger partial charge in [-0.3, -0.25) is 4.79 Å². The number of carbonyl (C=O) groups is 1. The molecule has 4 rings (SSSR count). The number of hydrogen-bond acceptors (Lipinski definition) is 5. The molecule has 180 valence electrons. The fourth-order valence-corrected chi connectivity index (χ4v) is 4.80. The molecule has 1 aliphatic carbocycles. The van der Waals surface area contributed by atoms with Crippen LogP contribution in [0.2, 0.25) is 0 Å². The van der Waals surface area contributed by atoms with E-state index in [0.29, 0.717) is 44.7 Å². The number of benzene rings is 2. The summed E-state index contributed by atoms with van der Waals surface area (Å²) < 4.78 is 66.9. The van der Waals surface area contributed by atoms with Gasteiger partial charge in [0.15, 0.2) is 0 Å². The van der Waals surface area contributed by atoms with E-state index >= 15 is 0 Å². The van der Waals surface area contributed by atoms with Gasteiger partial charge < -0.3 is 15.0 Å². The summed E-state index contributed by atoms with van der Waals surface area (Å²) in [7, 11) is -5.45. The van der Waals surface area contributed by atoms with Gasteiger partial charge in [0.1, 0.15) is 0 Å². The molecule has 2 aromatic rings. The highest BCUT2D eigenvalue weighted by molar-refractivity contribution is 7.92. The van der Waals surface area contributed by atoms with Gasteiger partial charge >= 0.3 is 5.51 Å². The van der Waals surface area contributed by atoms with Crippen molar-refractivity contribution in [2.24, 2.45) is 0 Å². The van der Waals surface area contributed by atoms with Gasteiger partial charge in [0.2, 0.25) is 0 Å². The molecule has 10 heteroatoms. The van der Waals surface area contributed by atoms with Gasteiger partial charge in [0, 0.05) is 30.0 Å². The summed E-state index contributed by atoms with van der Waals surface area (Å²) in [4.78, 5) is 14.4. The molecule has 0 aromatic heterocycles. The number of ether oxygens (including phenoxy) is 1. The Hall–Kier alpha value is -3.11. The van der Waals surface area contributed by atoms with Crippen molar-refractivity contribution in [3.8, 4) is 0 Å². The van der Waals surface area contributed by atoms with E-state index in [4.69, 9.17) is 4.74 Å². The van der Waals surface area contributed by atoms with Crippen LogP contribution in [0.3, 0.4) is 0 Å². The van der Waals surface area contributed by atoms with E-state index in [1.165, 1.54) is 0 Å². The summed E-state index contributed by atoms with van der Waals surface area (Å²) in [6, 6.07) is 13.8. The first-order valence-corrected chi connectivity index (χ1v) is 12.2. The van der Waals surface area contributed by atoms with Gasteiger partial charge in [-0.1, -0.05) is 30.3 Å². The summed E-state index contributed by atoms with van der Waals surface area (Å²) in [6.45, 7) is 2.38. The summed E-state index contributed by atoms with van der Waals surface area (Å²) >= 11 is 0. The first-order valence-electron chi connectivity index (χ1n) is 10.7. The van der Waals surface area contributed by atoms with Crippen molar-refractivity contribution in [3.05, 3.63) is 77.0 Å². The standard InChI is InChI=1S/C24H23F3N2O4S/c25-24(26,27)34(31,32)20-9-7-19(8-10-20)28-23(30)21-11-6-18(16-17-4-2-1-3-5-17)22(21)29-12-14-33-15-13-29/h1-5,7-10,16H,6,11-15H2,(H,28,30). The van der Waals surface area contributed by atoms with Crippen molar-refractivity contribution in [2.45, 2.75) is 23.2 Å². The molecule has 1 aliphatic heterocycles. The second-order valence-electron chi connectivity index (χ2n) is 7.93. The number of morpholine rings is 1. The monoisotopic (exact) mass is 492 g/mol. The zero-order chi connectivity index (χ0) is 24.3. The van der Waals surface area contributed by atoms with Crippen molar-refractivity contribution >= 4 is 27.5 Å². The van der Waals surface area contributed by atoms with Crippen LogP contribution in [0.15, 0.2) is 76.3 Å². The van der Waals surface area contributed by atoms with Gasteiger partial charge in [-0.05, 0) is 54.3 Å². The van der Waals surface area contributed by atoms with E-state index in [2.05, 4.69) is 16.3 Å². The van der Waals surface area contributed by atoms with Crippen LogP contribution in [-0.2, 0) is 19.4 Å². The summed E-state index contributed by atoms with van der Waals surface area (Å²) in [5.41, 5.74) is -1.70. The maximum absolute atomic E-state index is 13.2. The Balaban J connectivity index is 1.61. The quantitative estimate of drug-likeness (QED) is 0.671. The number of amides is 1. The minimum absolute atomic E-state index is 0.209. The Morgan fingerprint density at radius 1 is 0.971 bits per heavy atom. The molecule has 1 N–H and O–H groups in total. The molecule has 1 fully saturated rings. The van der Waals surface area contributed by atoms with E-state index < -0.39 is 20.2 Å². The van der Waals surface area contributed by atoms with Crippen molar-refractivity contribution in [1.29, 1.82) is 0 Å². The molecule has 0 unspecified atom stereocenters. The smallest absolute Gasteiger partial charge is 0.378 e. The number of halogens is 3. The average Bonchev–Trinajstić information content (AvgIpc) is 3.23. The number of alkyl halides is 3. The average molecular weight is 493 g/mol. The van der Waals surface area contributed by atoms with Gasteiger partial charge in [0.25, 0.3) is 15.7 Å². The third kappa shape index (κ3) is 5.02. The van der Waals surface area contributed by atoms with E-state index in [9.17, 15) is 26.4 Å². The van der Waals surface area contributed by atoms with Crippen LogP contribution in [0.25, 0.3) is 6.08 Å². The molecule has 1 amide bonds. The fourth-order valence-electron chi connectivity index (χ4n) is 4.04. The van der Waals surface area contributed by atoms with Crippen LogP contribution in [0, 0.1) is 0 Å². The largest absolute Gasteiger partial charge is 0.501 e. The SMILES string of the molecule is O=C(Nc1ccc(S(=O)(=O)C(F)(F)F)cc1)C1=C(N2CCOCC2)C(=Cc2ccccc2)CC1. The second-order valence-corrected chi connectivity index (χ2v) is 9.88. The van der Waals surface area contributed by atoms with Crippen LogP contribution in [0.1, 0.15) is 18.4 Å². The van der Waals surface area contributed by atoms with E-state index in [1.54, 1.807) is 0 Å². The Bertz CT molecular complexity index is 1220. The highest BCUT2D eigenvalue weighted by Gasteiger charge is 2.46. The number of rotatable bonds is 5. The van der Waals surface area contributed by atoms with Crippen LogP contribution in [0.5, 0.6) is 0 Å². The lowest BCUT2D eigenvalue weighted by molar-refractivity contribution is -0.113. The van der Waals surface area contributed by atoms with Gasteiger partial charge in [-0.2, -0.15) is 13.2 Å². The highest BCUT2D eigenvalue weighted by Crippen LogP contribution is 2.36. The first-order chi connectivity index (χ1) is 16.2. The van der Waals surface area contributed by atoms with E-state index in [1.807, 2.05) is 30.3 Å².